The van der Waals surface area contributed by atoms with Crippen LogP contribution in [0.1, 0.15) is 36.9 Å². The van der Waals surface area contributed by atoms with Crippen LogP contribution in [-0.2, 0) is 22.7 Å². The molecular weight excluding hydrogens is 663 g/mol. The summed E-state index contributed by atoms with van der Waals surface area (Å²) < 4.78 is 7.65. The molecule has 4 N–H and O–H groups in total. The number of carbonyl (C=O) groups excluding carboxylic acids is 2. The normalized spacial score (nSPS) is 17.4. The minimum atomic E-state index is 0.0989. The van der Waals surface area contributed by atoms with Gasteiger partial charge in [0.15, 0.2) is 5.65 Å². The van der Waals surface area contributed by atoms with E-state index >= 15 is 0 Å². The van der Waals surface area contributed by atoms with Crippen LogP contribution in [0, 0.1) is 0 Å². The molecule has 2 aliphatic rings. The first-order valence-corrected chi connectivity index (χ1v) is 17.1. The molecule has 5 aromatic rings. The maximum Gasteiger partial charge on any atom is 0.220 e. The van der Waals surface area contributed by atoms with Crippen LogP contribution in [-0.4, -0.2) is 63.4 Å². The highest BCUT2D eigenvalue weighted by atomic mass is 35.5. The number of methoxy groups -OCH3 is 1. The molecule has 0 radical (unpaired) electrons. The van der Waals surface area contributed by atoms with Crippen LogP contribution in [0.25, 0.3) is 39.3 Å². The van der Waals surface area contributed by atoms with E-state index in [1.54, 1.807) is 13.3 Å². The summed E-state index contributed by atoms with van der Waals surface area (Å²) in [6.45, 7) is 2.51. The molecule has 0 aliphatic carbocycles. The van der Waals surface area contributed by atoms with Gasteiger partial charge in [0.05, 0.1) is 46.6 Å². The van der Waals surface area contributed by atoms with Gasteiger partial charge < -0.3 is 26.0 Å². The van der Waals surface area contributed by atoms with Crippen LogP contribution in [0.3, 0.4) is 0 Å². The Balaban J connectivity index is 1.11. The van der Waals surface area contributed by atoms with E-state index in [1.807, 2.05) is 65.3 Å². The Morgan fingerprint density at radius 2 is 1.41 bits per heavy atom. The second-order valence-electron chi connectivity index (χ2n) is 12.3. The maximum atomic E-state index is 11.5. The Morgan fingerprint density at radius 1 is 0.796 bits per heavy atom. The van der Waals surface area contributed by atoms with Crippen molar-refractivity contribution in [2.24, 2.45) is 0 Å². The van der Waals surface area contributed by atoms with Gasteiger partial charge >= 0.3 is 0 Å². The summed E-state index contributed by atoms with van der Waals surface area (Å²) >= 11 is 14.2. The Bertz CT molecular complexity index is 2030. The first-order valence-electron chi connectivity index (χ1n) is 16.3. The molecule has 0 saturated carbocycles. The molecule has 2 atom stereocenters. The molecular formula is C36H36Cl2N8O3. The molecule has 0 unspecified atom stereocenters. The zero-order chi connectivity index (χ0) is 33.9. The van der Waals surface area contributed by atoms with Crippen molar-refractivity contribution in [3.8, 4) is 39.5 Å². The summed E-state index contributed by atoms with van der Waals surface area (Å²) in [6.07, 6.45) is 8.33. The van der Waals surface area contributed by atoms with Gasteiger partial charge in [0.1, 0.15) is 0 Å². The third-order valence-electron chi connectivity index (χ3n) is 9.02. The zero-order valence-corrected chi connectivity index (χ0v) is 28.4. The van der Waals surface area contributed by atoms with Crippen LogP contribution in [0.2, 0.25) is 10.0 Å². The molecule has 49 heavy (non-hydrogen) atoms. The maximum absolute atomic E-state index is 11.5. The first kappa shape index (κ1) is 33.0. The fraction of sp³-hybridized carbons (Fsp3) is 0.306. The van der Waals surface area contributed by atoms with Crippen LogP contribution in [0.5, 0.6) is 5.88 Å². The van der Waals surface area contributed by atoms with E-state index in [0.717, 1.165) is 52.0 Å². The molecule has 7 rings (SSSR count). The van der Waals surface area contributed by atoms with E-state index in [-0.39, 0.29) is 23.9 Å². The second-order valence-corrected chi connectivity index (χ2v) is 13.1. The number of hydrogen-bond acceptors (Lipinski definition) is 8. The lowest BCUT2D eigenvalue weighted by Gasteiger charge is -2.15. The smallest absolute Gasteiger partial charge is 0.220 e. The molecule has 2 amide bonds. The lowest BCUT2D eigenvalue weighted by Crippen LogP contribution is -2.35. The molecule has 11 nitrogen and oxygen atoms in total. The topological polar surface area (TPSA) is 135 Å². The highest BCUT2D eigenvalue weighted by molar-refractivity contribution is 6.39. The summed E-state index contributed by atoms with van der Waals surface area (Å²) in [5.74, 6) is 0.706. The number of amides is 2. The molecule has 0 spiro atoms. The van der Waals surface area contributed by atoms with E-state index in [2.05, 4.69) is 31.2 Å². The number of aromatic nitrogens is 4. The SMILES string of the molecule is COc1nc(-c2cccc(-c3cccc(-c4cn5c(CNC[C@@H]6CCC(=O)N6)cnc5cn4)c3Cl)c2Cl)ccc1CNC[C@@H]1CCC(=O)N1. The van der Waals surface area contributed by atoms with Crippen molar-refractivity contribution in [2.45, 2.75) is 50.9 Å². The van der Waals surface area contributed by atoms with E-state index < -0.39 is 0 Å². The predicted octanol–water partition coefficient (Wildman–Crippen LogP) is 5.18. The van der Waals surface area contributed by atoms with Gasteiger partial charge in [-0.2, -0.15) is 0 Å². The number of benzene rings is 2. The number of ether oxygens (including phenoxy) is 1. The Morgan fingerprint density at radius 3 is 2.02 bits per heavy atom. The van der Waals surface area contributed by atoms with Gasteiger partial charge in [0.25, 0.3) is 0 Å². The number of nitrogens with one attached hydrogen (secondary N) is 4. The molecule has 252 valence electrons. The van der Waals surface area contributed by atoms with E-state index in [0.29, 0.717) is 66.3 Å². The number of halogens is 2. The summed E-state index contributed by atoms with van der Waals surface area (Å²) in [6, 6.07) is 15.8. The monoisotopic (exact) mass is 698 g/mol. The average molecular weight is 700 g/mol. The van der Waals surface area contributed by atoms with E-state index in [4.69, 9.17) is 32.9 Å². The Labute approximate surface area is 293 Å². The van der Waals surface area contributed by atoms with Crippen LogP contribution < -0.4 is 26.0 Å². The molecule has 2 fully saturated rings. The summed E-state index contributed by atoms with van der Waals surface area (Å²) in [5, 5.41) is 13.8. The molecule has 13 heteroatoms. The van der Waals surface area contributed by atoms with Crippen molar-refractivity contribution in [1.82, 2.24) is 40.6 Å². The van der Waals surface area contributed by atoms with Crippen molar-refractivity contribution in [3.05, 3.63) is 88.4 Å². The summed E-state index contributed by atoms with van der Waals surface area (Å²) in [5.41, 5.74) is 7.02. The van der Waals surface area contributed by atoms with Gasteiger partial charge in [0.2, 0.25) is 17.7 Å². The van der Waals surface area contributed by atoms with Crippen molar-refractivity contribution in [2.75, 3.05) is 20.2 Å². The van der Waals surface area contributed by atoms with Crippen molar-refractivity contribution >= 4 is 40.7 Å². The number of carbonyl (C=O) groups is 2. The predicted molar refractivity (Wildman–Crippen MR) is 189 cm³/mol. The third-order valence-corrected chi connectivity index (χ3v) is 9.83. The standard InChI is InChI=1S/C36H36Cl2N8O3/c1-49-36-21(14-39-15-22-9-12-32(47)43-22)8-11-29(45-36)27-6-2-4-25(34(27)37)26-5-3-7-28(35(26)38)30-20-46-24(18-42-31(46)19-41-30)17-40-16-23-10-13-33(48)44-23/h2-8,11,18-20,22-23,39-40H,9-10,12-17H2,1H3,(H,43,47)(H,44,48)/t22-,23-/m0/s1. The van der Waals surface area contributed by atoms with Gasteiger partial charge in [-0.1, -0.05) is 65.7 Å². The van der Waals surface area contributed by atoms with Gasteiger partial charge in [0, 0.05) is 85.1 Å². The lowest BCUT2D eigenvalue weighted by molar-refractivity contribution is -0.120. The Kier molecular flexibility index (Phi) is 9.77. The number of fused-ring (bicyclic) bond motifs is 1. The van der Waals surface area contributed by atoms with Gasteiger partial charge in [-0.05, 0) is 18.9 Å². The van der Waals surface area contributed by atoms with E-state index in [9.17, 15) is 9.59 Å². The molecule has 2 aliphatic heterocycles. The van der Waals surface area contributed by atoms with Crippen LogP contribution >= 0.6 is 23.2 Å². The van der Waals surface area contributed by atoms with Gasteiger partial charge in [-0.25, -0.2) is 9.97 Å². The number of imidazole rings is 1. The Hall–Kier alpha value is -4.55. The van der Waals surface area contributed by atoms with Gasteiger partial charge in [-0.3, -0.25) is 19.0 Å². The average Bonchev–Trinajstić information content (AvgIpc) is 3.84. The molecule has 3 aromatic heterocycles. The summed E-state index contributed by atoms with van der Waals surface area (Å²) in [7, 11) is 1.60. The zero-order valence-electron chi connectivity index (χ0n) is 26.9. The molecule has 2 aromatic carbocycles. The number of rotatable bonds is 12. The van der Waals surface area contributed by atoms with Crippen LogP contribution in [0.15, 0.2) is 67.1 Å². The van der Waals surface area contributed by atoms with Crippen molar-refractivity contribution in [1.29, 1.82) is 0 Å². The minimum absolute atomic E-state index is 0.0989. The fourth-order valence-electron chi connectivity index (χ4n) is 6.43. The molecule has 5 heterocycles. The highest BCUT2D eigenvalue weighted by Gasteiger charge is 2.22. The second kappa shape index (κ2) is 14.5. The minimum Gasteiger partial charge on any atom is -0.481 e. The highest BCUT2D eigenvalue weighted by Crippen LogP contribution is 2.42. The quantitative estimate of drug-likeness (QED) is 0.140. The third kappa shape index (κ3) is 7.11. The molecule has 0 bridgehead atoms. The number of pyridine rings is 1. The fourth-order valence-corrected chi connectivity index (χ4v) is 7.08. The lowest BCUT2D eigenvalue weighted by atomic mass is 9.98. The first-order chi connectivity index (χ1) is 23.9. The van der Waals surface area contributed by atoms with Crippen molar-refractivity contribution in [3.63, 3.8) is 0 Å². The summed E-state index contributed by atoms with van der Waals surface area (Å²) in [4.78, 5) is 37.0. The van der Waals surface area contributed by atoms with Crippen molar-refractivity contribution < 1.29 is 14.3 Å². The molecule has 2 saturated heterocycles. The van der Waals surface area contributed by atoms with Gasteiger partial charge in [-0.15, -0.1) is 0 Å². The van der Waals surface area contributed by atoms with E-state index in [1.165, 1.54) is 0 Å². The largest absolute Gasteiger partial charge is 0.481 e. The number of nitrogens with zero attached hydrogens (tertiary/aromatic N) is 4. The van der Waals surface area contributed by atoms with Crippen LogP contribution in [0.4, 0.5) is 0 Å². The number of hydrogen-bond donors (Lipinski definition) is 4.